The van der Waals surface area contributed by atoms with Gasteiger partial charge in [-0.3, -0.25) is 4.79 Å². The Balaban J connectivity index is 1.29. The van der Waals surface area contributed by atoms with Crippen molar-refractivity contribution in [3.05, 3.63) is 53.7 Å². The topological polar surface area (TPSA) is 170 Å². The summed E-state index contributed by atoms with van der Waals surface area (Å²) in [5, 5.41) is 18.2. The van der Waals surface area contributed by atoms with E-state index >= 15 is 0 Å². The second-order valence-electron chi connectivity index (χ2n) is 15.0. The highest BCUT2D eigenvalue weighted by Gasteiger charge is 2.68. The number of anilines is 4. The van der Waals surface area contributed by atoms with Crippen LogP contribution in [0.2, 0.25) is 0 Å². The molecule has 2 fully saturated rings. The fraction of sp³-hybridized carbons (Fsp3) is 0.444. The molecule has 7 rings (SSSR count). The summed E-state index contributed by atoms with van der Waals surface area (Å²) >= 11 is 0. The Morgan fingerprint density at radius 2 is 1.65 bits per heavy atom. The number of methoxy groups -OCH3 is 2. The number of aliphatic hydroxyl groups is 1. The molecule has 1 spiro atoms. The van der Waals surface area contributed by atoms with Crippen LogP contribution in [0.4, 0.5) is 32.9 Å². The van der Waals surface area contributed by atoms with E-state index in [-0.39, 0.29) is 11.8 Å². The molecular weight excluding hydrogens is 658 g/mol. The smallest absolute Gasteiger partial charge is 0.435 e. The van der Waals surface area contributed by atoms with Crippen molar-refractivity contribution >= 4 is 52.3 Å². The third-order valence-electron chi connectivity index (χ3n) is 9.07. The molecule has 2 atom stereocenters. The van der Waals surface area contributed by atoms with Crippen LogP contribution in [0.3, 0.4) is 0 Å². The lowest BCUT2D eigenvalue weighted by molar-refractivity contribution is -0.120. The summed E-state index contributed by atoms with van der Waals surface area (Å²) in [6.45, 7) is 11.4. The number of hydrogen-bond acceptors (Lipinski definition) is 13. The van der Waals surface area contributed by atoms with Gasteiger partial charge < -0.3 is 34.3 Å². The third-order valence-corrected chi connectivity index (χ3v) is 9.07. The molecule has 3 aliphatic rings. The Morgan fingerprint density at radius 3 is 2.29 bits per heavy atom. The Hall–Kier alpha value is -5.44. The van der Waals surface area contributed by atoms with Crippen LogP contribution in [0.25, 0.3) is 10.9 Å². The van der Waals surface area contributed by atoms with E-state index < -0.39 is 34.9 Å². The second kappa shape index (κ2) is 11.8. The van der Waals surface area contributed by atoms with E-state index in [0.29, 0.717) is 70.7 Å². The van der Waals surface area contributed by atoms with Gasteiger partial charge in [0.05, 0.1) is 43.1 Å². The molecule has 1 saturated heterocycles. The molecule has 0 unspecified atom stereocenters. The van der Waals surface area contributed by atoms with E-state index in [4.69, 9.17) is 18.9 Å². The maximum Gasteiger partial charge on any atom is 0.435 e. The summed E-state index contributed by atoms with van der Waals surface area (Å²) in [6, 6.07) is 10.8. The highest BCUT2D eigenvalue weighted by atomic mass is 16.6. The van der Waals surface area contributed by atoms with Gasteiger partial charge in [0.2, 0.25) is 11.9 Å². The highest BCUT2D eigenvalue weighted by molar-refractivity contribution is 6.23. The lowest BCUT2D eigenvalue weighted by atomic mass is 9.91. The quantitative estimate of drug-likeness (QED) is 0.267. The van der Waals surface area contributed by atoms with Crippen molar-refractivity contribution in [2.75, 3.05) is 42.4 Å². The fourth-order valence-electron chi connectivity index (χ4n) is 6.68. The van der Waals surface area contributed by atoms with Gasteiger partial charge in [0, 0.05) is 24.4 Å². The lowest BCUT2D eigenvalue weighted by Crippen LogP contribution is -2.51. The summed E-state index contributed by atoms with van der Waals surface area (Å²) in [7, 11) is 3.04. The normalized spacial score (nSPS) is 19.9. The van der Waals surface area contributed by atoms with Crippen molar-refractivity contribution in [1.82, 2.24) is 19.7 Å². The SMILES string of the molecule is COc1ccc2c(c1)[C@]1(C[C@H]1c1ccc3c(Nc4nc(N5CC(O)C5)ncc4OC)nn(C(=O)OC(C)(C)C)c3c1)C(=O)N2C(=O)OC(C)(C)C. The van der Waals surface area contributed by atoms with Crippen molar-refractivity contribution in [2.24, 2.45) is 0 Å². The van der Waals surface area contributed by atoms with Gasteiger partial charge in [-0.05, 0) is 89.4 Å². The van der Waals surface area contributed by atoms with Crippen LogP contribution in [-0.4, -0.2) is 87.6 Å². The van der Waals surface area contributed by atoms with Crippen LogP contribution in [0, 0.1) is 0 Å². The first kappa shape index (κ1) is 34.0. The third kappa shape index (κ3) is 5.94. The summed E-state index contributed by atoms with van der Waals surface area (Å²) in [4.78, 5) is 53.2. The maximum atomic E-state index is 14.3. The van der Waals surface area contributed by atoms with E-state index in [1.165, 1.54) is 18.0 Å². The highest BCUT2D eigenvalue weighted by Crippen LogP contribution is 2.67. The van der Waals surface area contributed by atoms with Gasteiger partial charge >= 0.3 is 12.2 Å². The first-order chi connectivity index (χ1) is 24.0. The number of benzene rings is 2. The molecule has 4 heterocycles. The van der Waals surface area contributed by atoms with Crippen LogP contribution in [-0.2, 0) is 19.7 Å². The minimum atomic E-state index is -1.04. The molecule has 15 heteroatoms. The molecule has 51 heavy (non-hydrogen) atoms. The number of imide groups is 1. The molecule has 2 aliphatic heterocycles. The van der Waals surface area contributed by atoms with Crippen LogP contribution >= 0.6 is 0 Å². The Labute approximate surface area is 294 Å². The summed E-state index contributed by atoms with van der Waals surface area (Å²) in [5.41, 5.74) is -0.328. The van der Waals surface area contributed by atoms with Crippen molar-refractivity contribution in [1.29, 1.82) is 0 Å². The van der Waals surface area contributed by atoms with Crippen molar-refractivity contribution in [3.63, 3.8) is 0 Å². The number of carbonyl (C=O) groups is 3. The molecule has 1 aliphatic carbocycles. The van der Waals surface area contributed by atoms with Gasteiger partial charge in [-0.15, -0.1) is 5.10 Å². The van der Waals surface area contributed by atoms with Gasteiger partial charge in [-0.1, -0.05) is 6.07 Å². The first-order valence-corrected chi connectivity index (χ1v) is 16.7. The van der Waals surface area contributed by atoms with Gasteiger partial charge in [0.25, 0.3) is 0 Å². The number of rotatable bonds is 6. The minimum absolute atomic E-state index is 0.308. The number of nitrogens with zero attached hydrogens (tertiary/aromatic N) is 6. The Morgan fingerprint density at radius 1 is 0.941 bits per heavy atom. The standard InChI is InChI=1S/C36H41N7O8/c1-34(2,3)50-32(46)42-25-12-10-21(48-7)14-23(25)36(30(42)45)15-24(36)19-9-11-22-26(13-19)43(33(47)51-35(4,5)6)40-28(22)38-29-27(49-8)16-37-31(39-29)41-17-20(44)18-41/h9-14,16,20,24,44H,15,17-18H2,1-8H3,(H,37,38,39,40)/t24-,36-/m0/s1. The van der Waals surface area contributed by atoms with E-state index in [1.807, 2.05) is 23.1 Å². The fourth-order valence-corrected chi connectivity index (χ4v) is 6.68. The zero-order chi connectivity index (χ0) is 36.6. The predicted octanol–water partition coefficient (Wildman–Crippen LogP) is 5.26. The number of aromatic nitrogens is 4. The summed E-state index contributed by atoms with van der Waals surface area (Å²) in [5.74, 6) is 1.22. The Kier molecular flexibility index (Phi) is 7.89. The first-order valence-electron chi connectivity index (χ1n) is 16.7. The van der Waals surface area contributed by atoms with Gasteiger partial charge in [-0.2, -0.15) is 9.67 Å². The monoisotopic (exact) mass is 699 g/mol. The number of ether oxygens (including phenoxy) is 4. The zero-order valence-corrected chi connectivity index (χ0v) is 29.8. The average Bonchev–Trinajstić information content (AvgIpc) is 3.63. The largest absolute Gasteiger partial charge is 0.497 e. The van der Waals surface area contributed by atoms with Crippen LogP contribution in [0.15, 0.2) is 42.6 Å². The van der Waals surface area contributed by atoms with Crippen molar-refractivity contribution < 1.29 is 38.4 Å². The summed E-state index contributed by atoms with van der Waals surface area (Å²) in [6.07, 6.45) is 0.0597. The average molecular weight is 700 g/mol. The molecule has 0 radical (unpaired) electrons. The number of carbonyl (C=O) groups excluding carboxylic acids is 3. The molecule has 4 aromatic rings. The molecule has 2 N–H and O–H groups in total. The van der Waals surface area contributed by atoms with E-state index in [2.05, 4.69) is 20.4 Å². The maximum absolute atomic E-state index is 14.3. The summed E-state index contributed by atoms with van der Waals surface area (Å²) < 4.78 is 23.6. The molecule has 268 valence electrons. The number of hydrogen-bond donors (Lipinski definition) is 2. The number of aliphatic hydroxyl groups excluding tert-OH is 1. The molecule has 0 bridgehead atoms. The Bertz CT molecular complexity index is 2080. The molecule has 2 aromatic carbocycles. The minimum Gasteiger partial charge on any atom is -0.497 e. The van der Waals surface area contributed by atoms with E-state index in [1.54, 1.807) is 66.9 Å². The van der Waals surface area contributed by atoms with E-state index in [0.717, 1.165) is 10.5 Å². The molecular formula is C36H41N7O8. The number of fused-ring (bicyclic) bond motifs is 3. The van der Waals surface area contributed by atoms with Crippen LogP contribution in [0.5, 0.6) is 11.5 Å². The van der Waals surface area contributed by atoms with Gasteiger partial charge in [-0.25, -0.2) is 19.5 Å². The number of β-amino-alcohol motifs (C(OH)–C–C–N with tert-alkyl or cyclic N) is 1. The van der Waals surface area contributed by atoms with Crippen LogP contribution in [0.1, 0.15) is 65.0 Å². The second-order valence-corrected chi connectivity index (χ2v) is 15.0. The van der Waals surface area contributed by atoms with Crippen LogP contribution < -0.4 is 24.6 Å². The molecule has 2 amide bonds. The number of nitrogens with one attached hydrogen (secondary N) is 1. The van der Waals surface area contributed by atoms with E-state index in [9.17, 15) is 19.5 Å². The van der Waals surface area contributed by atoms with Crippen molar-refractivity contribution in [2.45, 2.75) is 76.6 Å². The molecule has 1 saturated carbocycles. The molecule has 2 aromatic heterocycles. The van der Waals surface area contributed by atoms with Crippen molar-refractivity contribution in [3.8, 4) is 11.5 Å². The molecule has 15 nitrogen and oxygen atoms in total. The zero-order valence-electron chi connectivity index (χ0n) is 29.8. The predicted molar refractivity (Wildman–Crippen MR) is 187 cm³/mol. The van der Waals surface area contributed by atoms with Gasteiger partial charge in [0.1, 0.15) is 17.0 Å². The number of amides is 2. The van der Waals surface area contributed by atoms with Gasteiger partial charge in [0.15, 0.2) is 17.4 Å². The lowest BCUT2D eigenvalue weighted by Gasteiger charge is -2.35.